The van der Waals surface area contributed by atoms with E-state index >= 15 is 0 Å². The molecular weight excluding hydrogens is 312 g/mol. The zero-order valence-electron chi connectivity index (χ0n) is 12.4. The summed E-state index contributed by atoms with van der Waals surface area (Å²) >= 11 is 5.93. The Morgan fingerprint density at radius 2 is 2.00 bits per heavy atom. The van der Waals surface area contributed by atoms with Crippen molar-refractivity contribution in [3.63, 3.8) is 0 Å². The van der Waals surface area contributed by atoms with Gasteiger partial charge in [0.25, 0.3) is 0 Å². The normalized spacial score (nSPS) is 24.4. The van der Waals surface area contributed by atoms with Crippen molar-refractivity contribution in [3.05, 3.63) is 17.1 Å². The number of alkyl halides is 1. The molecule has 2 fully saturated rings. The number of furan rings is 1. The van der Waals surface area contributed by atoms with Crippen LogP contribution in [0.2, 0.25) is 0 Å². The van der Waals surface area contributed by atoms with Gasteiger partial charge in [0.05, 0.1) is 5.88 Å². The van der Waals surface area contributed by atoms with Gasteiger partial charge in [0.2, 0.25) is 10.0 Å². The summed E-state index contributed by atoms with van der Waals surface area (Å²) in [5.74, 6) is 1.19. The fourth-order valence-corrected chi connectivity index (χ4v) is 5.79. The molecular formula is C14H21ClN2O3S. The van der Waals surface area contributed by atoms with E-state index in [-0.39, 0.29) is 10.8 Å². The second kappa shape index (κ2) is 5.57. The molecule has 1 aromatic rings. The standard InChI is InChI=1S/C14H21ClN2O3S/c1-10-13(8-15)14(11(2)20-10)21(18,19)17-7-6-16-5-3-4-12(16)9-17/h12H,3-9H2,1-2H3. The fourth-order valence-electron chi connectivity index (χ4n) is 3.51. The maximum atomic E-state index is 13.0. The van der Waals surface area contributed by atoms with Crippen LogP contribution in [0.25, 0.3) is 0 Å². The molecule has 0 saturated carbocycles. The Hall–Kier alpha value is -0.560. The molecule has 5 nitrogen and oxygen atoms in total. The van der Waals surface area contributed by atoms with Crippen molar-refractivity contribution in [2.24, 2.45) is 0 Å². The first-order chi connectivity index (χ1) is 9.95. The summed E-state index contributed by atoms with van der Waals surface area (Å²) in [7, 11) is -3.52. The first kappa shape index (κ1) is 15.3. The van der Waals surface area contributed by atoms with Gasteiger partial charge < -0.3 is 4.42 Å². The summed E-state index contributed by atoms with van der Waals surface area (Å²) in [6.07, 6.45) is 2.24. The molecule has 0 aromatic carbocycles. The summed E-state index contributed by atoms with van der Waals surface area (Å²) in [6, 6.07) is 0.362. The summed E-state index contributed by atoms with van der Waals surface area (Å²) < 4.78 is 33.1. The summed E-state index contributed by atoms with van der Waals surface area (Å²) in [6.45, 7) is 6.49. The Bertz CT molecular complexity index is 641. The third-order valence-corrected chi connectivity index (χ3v) is 6.94. The van der Waals surface area contributed by atoms with Gasteiger partial charge >= 0.3 is 0 Å². The van der Waals surface area contributed by atoms with Crippen LogP contribution in [0.4, 0.5) is 0 Å². The van der Waals surface area contributed by atoms with Crippen LogP contribution < -0.4 is 0 Å². The number of hydrogen-bond donors (Lipinski definition) is 0. The molecule has 0 bridgehead atoms. The highest BCUT2D eigenvalue weighted by atomic mass is 35.5. The highest BCUT2D eigenvalue weighted by molar-refractivity contribution is 7.89. The van der Waals surface area contributed by atoms with Crippen molar-refractivity contribution < 1.29 is 12.8 Å². The van der Waals surface area contributed by atoms with E-state index in [2.05, 4.69) is 4.90 Å². The minimum atomic E-state index is -3.52. The Morgan fingerprint density at radius 1 is 1.24 bits per heavy atom. The zero-order chi connectivity index (χ0) is 15.2. The number of piperazine rings is 1. The first-order valence-electron chi connectivity index (χ1n) is 7.34. The fraction of sp³-hybridized carbons (Fsp3) is 0.714. The quantitative estimate of drug-likeness (QED) is 0.795. The van der Waals surface area contributed by atoms with Gasteiger partial charge in [0, 0.05) is 31.2 Å². The number of sulfonamides is 1. The average molecular weight is 333 g/mol. The molecule has 2 aliphatic heterocycles. The van der Waals surface area contributed by atoms with Crippen molar-refractivity contribution in [2.45, 2.75) is 43.5 Å². The predicted molar refractivity (Wildman–Crippen MR) is 81.1 cm³/mol. The Balaban J connectivity index is 1.94. The number of fused-ring (bicyclic) bond motifs is 1. The summed E-state index contributed by atoms with van der Waals surface area (Å²) in [5, 5.41) is 0. The molecule has 1 atom stereocenters. The Kier molecular flexibility index (Phi) is 4.07. The topological polar surface area (TPSA) is 53.8 Å². The van der Waals surface area contributed by atoms with Gasteiger partial charge in [0.1, 0.15) is 16.4 Å². The largest absolute Gasteiger partial charge is 0.465 e. The zero-order valence-corrected chi connectivity index (χ0v) is 14.0. The van der Waals surface area contributed by atoms with Gasteiger partial charge in [-0.05, 0) is 33.2 Å². The van der Waals surface area contributed by atoms with E-state index in [9.17, 15) is 8.42 Å². The second-order valence-electron chi connectivity index (χ2n) is 5.85. The van der Waals surface area contributed by atoms with E-state index in [1.54, 1.807) is 18.2 Å². The van der Waals surface area contributed by atoms with Crippen LogP contribution in [0, 0.1) is 13.8 Å². The number of hydrogen-bond acceptors (Lipinski definition) is 4. The smallest absolute Gasteiger partial charge is 0.246 e. The van der Waals surface area contributed by atoms with Gasteiger partial charge in [-0.25, -0.2) is 8.42 Å². The van der Waals surface area contributed by atoms with Crippen molar-refractivity contribution in [2.75, 3.05) is 26.2 Å². The second-order valence-corrected chi connectivity index (χ2v) is 7.99. The number of halogens is 1. The SMILES string of the molecule is Cc1oc(C)c(S(=O)(=O)N2CCN3CCCC3C2)c1CCl. The van der Waals surface area contributed by atoms with Crippen LogP contribution in [0.5, 0.6) is 0 Å². The lowest BCUT2D eigenvalue weighted by atomic mass is 10.2. The third kappa shape index (κ3) is 2.52. The van der Waals surface area contributed by atoms with Gasteiger partial charge in [-0.3, -0.25) is 4.90 Å². The van der Waals surface area contributed by atoms with Crippen LogP contribution in [0.15, 0.2) is 9.31 Å². The maximum absolute atomic E-state index is 13.0. The van der Waals surface area contributed by atoms with E-state index in [0.717, 1.165) is 25.9 Å². The monoisotopic (exact) mass is 332 g/mol. The molecule has 0 radical (unpaired) electrons. The molecule has 0 aliphatic carbocycles. The molecule has 0 N–H and O–H groups in total. The molecule has 1 unspecified atom stereocenters. The Labute approximate surface area is 130 Å². The lowest BCUT2D eigenvalue weighted by molar-refractivity contribution is 0.158. The highest BCUT2D eigenvalue weighted by Crippen LogP contribution is 2.32. The summed E-state index contributed by atoms with van der Waals surface area (Å²) in [5.41, 5.74) is 0.600. The molecule has 1 aromatic heterocycles. The summed E-state index contributed by atoms with van der Waals surface area (Å²) in [4.78, 5) is 2.67. The molecule has 0 spiro atoms. The van der Waals surface area contributed by atoms with Crippen molar-refractivity contribution in [1.82, 2.24) is 9.21 Å². The molecule has 3 rings (SSSR count). The lowest BCUT2D eigenvalue weighted by Gasteiger charge is -2.36. The molecule has 118 valence electrons. The minimum absolute atomic E-state index is 0.154. The van der Waals surface area contributed by atoms with Gasteiger partial charge in [-0.2, -0.15) is 4.31 Å². The van der Waals surface area contributed by atoms with Crippen molar-refractivity contribution in [1.29, 1.82) is 0 Å². The van der Waals surface area contributed by atoms with Crippen LogP contribution >= 0.6 is 11.6 Å². The molecule has 21 heavy (non-hydrogen) atoms. The third-order valence-electron chi connectivity index (χ3n) is 4.61. The maximum Gasteiger partial charge on any atom is 0.246 e. The van der Waals surface area contributed by atoms with E-state index in [0.29, 0.717) is 36.2 Å². The molecule has 2 aliphatic rings. The number of nitrogens with zero attached hydrogens (tertiary/aromatic N) is 2. The molecule has 3 heterocycles. The van der Waals surface area contributed by atoms with E-state index in [4.69, 9.17) is 16.0 Å². The van der Waals surface area contributed by atoms with Crippen molar-refractivity contribution >= 4 is 21.6 Å². The van der Waals surface area contributed by atoms with E-state index in [1.165, 1.54) is 0 Å². The van der Waals surface area contributed by atoms with Crippen LogP contribution in [-0.2, 0) is 15.9 Å². The average Bonchev–Trinajstić information content (AvgIpc) is 3.01. The van der Waals surface area contributed by atoms with E-state index in [1.807, 2.05) is 0 Å². The minimum Gasteiger partial charge on any atom is -0.465 e. The molecule has 0 amide bonds. The Morgan fingerprint density at radius 3 is 2.71 bits per heavy atom. The molecule has 2 saturated heterocycles. The predicted octanol–water partition coefficient (Wildman–Crippen LogP) is 2.10. The first-order valence-corrected chi connectivity index (χ1v) is 9.31. The lowest BCUT2D eigenvalue weighted by Crippen LogP contribution is -2.52. The number of rotatable bonds is 3. The van der Waals surface area contributed by atoms with Gasteiger partial charge in [-0.1, -0.05) is 0 Å². The van der Waals surface area contributed by atoms with E-state index < -0.39 is 10.0 Å². The highest BCUT2D eigenvalue weighted by Gasteiger charge is 2.38. The van der Waals surface area contributed by atoms with Gasteiger partial charge in [-0.15, -0.1) is 11.6 Å². The van der Waals surface area contributed by atoms with Crippen LogP contribution in [-0.4, -0.2) is 49.8 Å². The number of aryl methyl sites for hydroxylation is 2. The van der Waals surface area contributed by atoms with Crippen molar-refractivity contribution in [3.8, 4) is 0 Å². The molecule has 7 heteroatoms. The van der Waals surface area contributed by atoms with Crippen LogP contribution in [0.1, 0.15) is 29.9 Å². The van der Waals surface area contributed by atoms with Gasteiger partial charge in [0.15, 0.2) is 0 Å². The van der Waals surface area contributed by atoms with Crippen LogP contribution in [0.3, 0.4) is 0 Å².